The van der Waals surface area contributed by atoms with Crippen LogP contribution in [0.5, 0.6) is 0 Å². The van der Waals surface area contributed by atoms with E-state index in [1.165, 1.54) is 12.1 Å². The first kappa shape index (κ1) is 14.3. The van der Waals surface area contributed by atoms with Crippen LogP contribution in [0.2, 0.25) is 0 Å². The van der Waals surface area contributed by atoms with E-state index in [2.05, 4.69) is 10.6 Å². The number of rotatable bonds is 3. The highest BCUT2D eigenvalue weighted by Crippen LogP contribution is 2.25. The summed E-state index contributed by atoms with van der Waals surface area (Å²) in [6, 6.07) is 3.85. The van der Waals surface area contributed by atoms with Crippen molar-refractivity contribution < 1.29 is 19.1 Å². The summed E-state index contributed by atoms with van der Waals surface area (Å²) >= 11 is 0. The number of halogens is 1. The number of carboxylic acid groups (broad SMARTS) is 1. The van der Waals surface area contributed by atoms with Crippen LogP contribution in [-0.2, 0) is 4.79 Å². The number of benzene rings is 1. The van der Waals surface area contributed by atoms with E-state index in [4.69, 9.17) is 5.11 Å². The van der Waals surface area contributed by atoms with Crippen molar-refractivity contribution in [2.75, 3.05) is 5.32 Å². The first-order valence-electron chi connectivity index (χ1n) is 6.52. The molecule has 1 aromatic carbocycles. The quantitative estimate of drug-likeness (QED) is 0.796. The average Bonchev–Trinajstić information content (AvgIpc) is 2.81. The molecular weight excluding hydrogens is 263 g/mol. The standard InChI is InChI=1S/C14H17FN2O3/c1-8-2-5-12(11(15)6-8)17-14(20)16-10-4-3-9(7-10)13(18)19/h2,5-6,9-10H,3-4,7H2,1H3,(H,18,19)(H2,16,17,20). The Bertz CT molecular complexity index is 533. The van der Waals surface area contributed by atoms with Crippen LogP contribution in [0.25, 0.3) is 0 Å². The maximum Gasteiger partial charge on any atom is 0.319 e. The molecule has 108 valence electrons. The maximum absolute atomic E-state index is 13.6. The van der Waals surface area contributed by atoms with Crippen molar-refractivity contribution in [3.8, 4) is 0 Å². The number of carbonyl (C=O) groups is 2. The molecule has 3 N–H and O–H groups in total. The topological polar surface area (TPSA) is 78.4 Å². The second-order valence-electron chi connectivity index (χ2n) is 5.13. The molecule has 0 radical (unpaired) electrons. The summed E-state index contributed by atoms with van der Waals surface area (Å²) in [5.74, 6) is -1.73. The van der Waals surface area contributed by atoms with Gasteiger partial charge < -0.3 is 15.7 Å². The predicted octanol–water partition coefficient (Wildman–Crippen LogP) is 2.51. The lowest BCUT2D eigenvalue weighted by atomic mass is 10.1. The van der Waals surface area contributed by atoms with E-state index in [0.29, 0.717) is 19.3 Å². The Morgan fingerprint density at radius 1 is 1.35 bits per heavy atom. The van der Waals surface area contributed by atoms with Gasteiger partial charge in [-0.2, -0.15) is 0 Å². The number of amides is 2. The van der Waals surface area contributed by atoms with Gasteiger partial charge in [0, 0.05) is 6.04 Å². The second kappa shape index (κ2) is 5.90. The molecule has 5 nitrogen and oxygen atoms in total. The largest absolute Gasteiger partial charge is 0.481 e. The van der Waals surface area contributed by atoms with Gasteiger partial charge >= 0.3 is 12.0 Å². The smallest absolute Gasteiger partial charge is 0.319 e. The van der Waals surface area contributed by atoms with Crippen LogP contribution < -0.4 is 10.6 Å². The summed E-state index contributed by atoms with van der Waals surface area (Å²) in [5, 5.41) is 14.0. The number of anilines is 1. The van der Waals surface area contributed by atoms with Gasteiger partial charge in [0.05, 0.1) is 11.6 Å². The van der Waals surface area contributed by atoms with Gasteiger partial charge in [0.1, 0.15) is 5.82 Å². The molecule has 2 amide bonds. The molecule has 20 heavy (non-hydrogen) atoms. The molecule has 0 heterocycles. The molecule has 1 aliphatic carbocycles. The summed E-state index contributed by atoms with van der Waals surface area (Å²) in [6.45, 7) is 1.76. The number of aliphatic carboxylic acids is 1. The van der Waals surface area contributed by atoms with Gasteiger partial charge in [-0.25, -0.2) is 9.18 Å². The molecule has 2 atom stereocenters. The van der Waals surface area contributed by atoms with E-state index in [0.717, 1.165) is 5.56 Å². The van der Waals surface area contributed by atoms with Crippen molar-refractivity contribution in [1.29, 1.82) is 0 Å². The van der Waals surface area contributed by atoms with Crippen molar-refractivity contribution in [1.82, 2.24) is 5.32 Å². The van der Waals surface area contributed by atoms with Crippen LogP contribution in [0.4, 0.5) is 14.9 Å². The van der Waals surface area contributed by atoms with Gasteiger partial charge in [0.25, 0.3) is 0 Å². The summed E-state index contributed by atoms with van der Waals surface area (Å²) in [4.78, 5) is 22.6. The van der Waals surface area contributed by atoms with E-state index >= 15 is 0 Å². The first-order chi connectivity index (χ1) is 9.45. The fourth-order valence-corrected chi connectivity index (χ4v) is 2.40. The van der Waals surface area contributed by atoms with E-state index in [1.54, 1.807) is 13.0 Å². The first-order valence-corrected chi connectivity index (χ1v) is 6.52. The fourth-order valence-electron chi connectivity index (χ4n) is 2.40. The van der Waals surface area contributed by atoms with Crippen LogP contribution in [0, 0.1) is 18.7 Å². The van der Waals surface area contributed by atoms with Crippen molar-refractivity contribution in [2.24, 2.45) is 5.92 Å². The molecular formula is C14H17FN2O3. The Hall–Kier alpha value is -2.11. The Morgan fingerprint density at radius 2 is 2.10 bits per heavy atom. The van der Waals surface area contributed by atoms with Crippen molar-refractivity contribution in [3.05, 3.63) is 29.6 Å². The summed E-state index contributed by atoms with van der Waals surface area (Å²) < 4.78 is 13.6. The van der Waals surface area contributed by atoms with Gasteiger partial charge in [0.2, 0.25) is 0 Å². The predicted molar refractivity (Wildman–Crippen MR) is 72.1 cm³/mol. The van der Waals surface area contributed by atoms with Gasteiger partial charge in [-0.3, -0.25) is 4.79 Å². The van der Waals surface area contributed by atoms with Crippen LogP contribution in [0.3, 0.4) is 0 Å². The van der Waals surface area contributed by atoms with Gasteiger partial charge in [-0.05, 0) is 43.9 Å². The summed E-state index contributed by atoms with van der Waals surface area (Å²) in [5.41, 5.74) is 0.884. The number of nitrogens with one attached hydrogen (secondary N) is 2. The molecule has 0 bridgehead atoms. The molecule has 1 aromatic rings. The highest BCUT2D eigenvalue weighted by molar-refractivity contribution is 5.89. The minimum atomic E-state index is -0.834. The number of carboxylic acids is 1. The van der Waals surface area contributed by atoms with E-state index in [1.807, 2.05) is 0 Å². The molecule has 2 rings (SSSR count). The molecule has 1 fully saturated rings. The zero-order valence-corrected chi connectivity index (χ0v) is 11.1. The van der Waals surface area contributed by atoms with Crippen molar-refractivity contribution in [3.63, 3.8) is 0 Å². The van der Waals surface area contributed by atoms with E-state index < -0.39 is 23.7 Å². The molecule has 0 spiro atoms. The van der Waals surface area contributed by atoms with Crippen LogP contribution >= 0.6 is 0 Å². The highest BCUT2D eigenvalue weighted by atomic mass is 19.1. The minimum absolute atomic E-state index is 0.112. The zero-order chi connectivity index (χ0) is 14.7. The molecule has 6 heteroatoms. The van der Waals surface area contributed by atoms with Crippen LogP contribution in [0.15, 0.2) is 18.2 Å². The van der Waals surface area contributed by atoms with Gasteiger partial charge in [-0.1, -0.05) is 6.07 Å². The van der Waals surface area contributed by atoms with Crippen LogP contribution in [-0.4, -0.2) is 23.1 Å². The molecule has 0 aromatic heterocycles. The lowest BCUT2D eigenvalue weighted by Gasteiger charge is -2.14. The van der Waals surface area contributed by atoms with Crippen LogP contribution in [0.1, 0.15) is 24.8 Å². The number of carbonyl (C=O) groups excluding carboxylic acids is 1. The van der Waals surface area contributed by atoms with E-state index in [-0.39, 0.29) is 11.7 Å². The SMILES string of the molecule is Cc1ccc(NC(=O)NC2CCC(C(=O)O)C2)c(F)c1. The lowest BCUT2D eigenvalue weighted by molar-refractivity contribution is -0.141. The van der Waals surface area contributed by atoms with Crippen molar-refractivity contribution in [2.45, 2.75) is 32.2 Å². The molecule has 1 saturated carbocycles. The monoisotopic (exact) mass is 280 g/mol. The highest BCUT2D eigenvalue weighted by Gasteiger charge is 2.30. The summed E-state index contributed by atoms with van der Waals surface area (Å²) in [7, 11) is 0. The van der Waals surface area contributed by atoms with Gasteiger partial charge in [-0.15, -0.1) is 0 Å². The summed E-state index contributed by atoms with van der Waals surface area (Å²) in [6.07, 6.45) is 1.60. The number of hydrogen-bond donors (Lipinski definition) is 3. The third-order valence-corrected chi connectivity index (χ3v) is 3.49. The third kappa shape index (κ3) is 3.46. The molecule has 1 aliphatic rings. The third-order valence-electron chi connectivity index (χ3n) is 3.49. The zero-order valence-electron chi connectivity index (χ0n) is 11.1. The minimum Gasteiger partial charge on any atom is -0.481 e. The Kier molecular flexibility index (Phi) is 4.22. The molecule has 2 unspecified atom stereocenters. The van der Waals surface area contributed by atoms with Gasteiger partial charge in [0.15, 0.2) is 0 Å². The Labute approximate surface area is 116 Å². The molecule has 0 aliphatic heterocycles. The number of aryl methyl sites for hydroxylation is 1. The normalized spacial score (nSPS) is 21.5. The Morgan fingerprint density at radius 3 is 2.70 bits per heavy atom. The van der Waals surface area contributed by atoms with Crippen molar-refractivity contribution >= 4 is 17.7 Å². The number of urea groups is 1. The fraction of sp³-hybridized carbons (Fsp3) is 0.429. The lowest BCUT2D eigenvalue weighted by Crippen LogP contribution is -2.36. The second-order valence-corrected chi connectivity index (χ2v) is 5.13. The molecule has 0 saturated heterocycles. The maximum atomic E-state index is 13.6. The average molecular weight is 280 g/mol. The van der Waals surface area contributed by atoms with E-state index in [9.17, 15) is 14.0 Å². The number of hydrogen-bond acceptors (Lipinski definition) is 2. The Balaban J connectivity index is 1.88.